The van der Waals surface area contributed by atoms with Gasteiger partial charge in [-0.05, 0) is 56.4 Å². The lowest BCUT2D eigenvalue weighted by Crippen LogP contribution is -2.35. The molecule has 1 aliphatic rings. The number of rotatable bonds is 6. The number of nitrogens with one attached hydrogen (secondary N) is 1. The normalized spacial score (nSPS) is 18.9. The molecule has 0 radical (unpaired) electrons. The molecule has 2 aromatic heterocycles. The van der Waals surface area contributed by atoms with Crippen LogP contribution in [0.3, 0.4) is 0 Å². The first-order chi connectivity index (χ1) is 11.2. The van der Waals surface area contributed by atoms with E-state index in [1.165, 1.54) is 17.7 Å². The largest absolute Gasteiger partial charge is 0.468 e. The second-order valence-corrected chi connectivity index (χ2v) is 6.86. The molecule has 1 fully saturated rings. The predicted octanol–water partition coefficient (Wildman–Crippen LogP) is 3.14. The number of furan rings is 1. The van der Waals surface area contributed by atoms with Crippen molar-refractivity contribution in [3.8, 4) is 0 Å². The van der Waals surface area contributed by atoms with Crippen molar-refractivity contribution in [3.05, 3.63) is 46.5 Å². The Kier molecular flexibility index (Phi) is 5.35. The van der Waals surface area contributed by atoms with E-state index in [9.17, 15) is 0 Å². The number of nitrogens with two attached hydrogens (primary N) is 1. The average molecular weight is 332 g/mol. The van der Waals surface area contributed by atoms with Gasteiger partial charge in [0.25, 0.3) is 0 Å². The van der Waals surface area contributed by atoms with Crippen molar-refractivity contribution in [3.63, 3.8) is 0 Å². The van der Waals surface area contributed by atoms with Gasteiger partial charge in [-0.1, -0.05) is 6.07 Å². The van der Waals surface area contributed by atoms with Crippen molar-refractivity contribution in [1.29, 1.82) is 0 Å². The van der Waals surface area contributed by atoms with Gasteiger partial charge in [0.05, 0.1) is 24.9 Å². The summed E-state index contributed by atoms with van der Waals surface area (Å²) >= 11 is 1.72. The molecule has 2 unspecified atom stereocenters. The van der Waals surface area contributed by atoms with Crippen LogP contribution in [0.4, 0.5) is 0 Å². The van der Waals surface area contributed by atoms with Gasteiger partial charge in [0.1, 0.15) is 5.76 Å². The van der Waals surface area contributed by atoms with E-state index in [-0.39, 0.29) is 12.1 Å². The molecule has 0 amide bonds. The zero-order chi connectivity index (χ0) is 16.1. The summed E-state index contributed by atoms with van der Waals surface area (Å²) in [6.45, 7) is 4.90. The lowest BCUT2D eigenvalue weighted by molar-refractivity contribution is 0.221. The molecular weight excluding hydrogens is 308 g/mol. The third kappa shape index (κ3) is 4.14. The highest BCUT2D eigenvalue weighted by atomic mass is 32.1. The van der Waals surface area contributed by atoms with E-state index in [2.05, 4.69) is 33.6 Å². The molecule has 0 aromatic carbocycles. The van der Waals surface area contributed by atoms with Crippen LogP contribution in [0.5, 0.6) is 0 Å². The Labute approximate surface area is 141 Å². The number of likely N-dealkylation sites (tertiary alicyclic amines) is 1. The van der Waals surface area contributed by atoms with Gasteiger partial charge < -0.3 is 15.5 Å². The first kappa shape index (κ1) is 16.1. The van der Waals surface area contributed by atoms with Gasteiger partial charge in [0, 0.05) is 4.88 Å². The van der Waals surface area contributed by atoms with Gasteiger partial charge in [-0.2, -0.15) is 0 Å². The van der Waals surface area contributed by atoms with Crippen LogP contribution in [-0.2, 0) is 0 Å². The molecular formula is C17H24N4OS. The smallest absolute Gasteiger partial charge is 0.189 e. The predicted molar refractivity (Wildman–Crippen MR) is 94.6 cm³/mol. The number of aliphatic imine (C=N–C) groups is 1. The van der Waals surface area contributed by atoms with Crippen molar-refractivity contribution >= 4 is 17.3 Å². The number of thiophene rings is 1. The quantitative estimate of drug-likeness (QED) is 0.630. The van der Waals surface area contributed by atoms with Gasteiger partial charge in [-0.25, -0.2) is 0 Å². The van der Waals surface area contributed by atoms with Gasteiger partial charge >= 0.3 is 0 Å². The minimum atomic E-state index is 0.171. The summed E-state index contributed by atoms with van der Waals surface area (Å²) in [5, 5.41) is 5.33. The lowest BCUT2D eigenvalue weighted by atomic mass is 10.2. The molecule has 0 aliphatic carbocycles. The fourth-order valence-electron chi connectivity index (χ4n) is 2.98. The van der Waals surface area contributed by atoms with E-state index in [4.69, 9.17) is 10.2 Å². The zero-order valence-electron chi connectivity index (χ0n) is 13.4. The highest BCUT2D eigenvalue weighted by Crippen LogP contribution is 2.25. The molecule has 6 heteroatoms. The summed E-state index contributed by atoms with van der Waals surface area (Å²) in [5.74, 6) is 1.46. The van der Waals surface area contributed by atoms with Crippen molar-refractivity contribution in [2.45, 2.75) is 31.8 Å². The number of hydrogen-bond acceptors (Lipinski definition) is 4. The molecule has 3 rings (SSSR count). The monoisotopic (exact) mass is 332 g/mol. The average Bonchev–Trinajstić information content (AvgIpc) is 3.30. The number of guanidine groups is 1. The molecule has 3 N–H and O–H groups in total. The molecule has 0 spiro atoms. The topological polar surface area (TPSA) is 66.8 Å². The second-order valence-electron chi connectivity index (χ2n) is 5.88. The molecule has 2 aromatic rings. The van der Waals surface area contributed by atoms with E-state index < -0.39 is 0 Å². The maximum atomic E-state index is 6.08. The van der Waals surface area contributed by atoms with E-state index in [0.717, 1.165) is 18.8 Å². The Balaban J connectivity index is 1.63. The Morgan fingerprint density at radius 2 is 2.22 bits per heavy atom. The molecule has 2 atom stereocenters. The molecule has 5 nitrogen and oxygen atoms in total. The van der Waals surface area contributed by atoms with Crippen LogP contribution < -0.4 is 11.1 Å². The van der Waals surface area contributed by atoms with Gasteiger partial charge in [-0.3, -0.25) is 9.89 Å². The molecule has 23 heavy (non-hydrogen) atoms. The van der Waals surface area contributed by atoms with Crippen molar-refractivity contribution in [2.75, 3.05) is 19.6 Å². The van der Waals surface area contributed by atoms with Crippen molar-refractivity contribution < 1.29 is 4.42 Å². The van der Waals surface area contributed by atoms with Crippen LogP contribution >= 0.6 is 11.3 Å². The van der Waals surface area contributed by atoms with Crippen LogP contribution in [0.2, 0.25) is 0 Å². The van der Waals surface area contributed by atoms with E-state index in [1.807, 2.05) is 18.2 Å². The second kappa shape index (κ2) is 7.66. The molecule has 1 saturated heterocycles. The van der Waals surface area contributed by atoms with E-state index in [1.54, 1.807) is 17.6 Å². The van der Waals surface area contributed by atoms with Crippen LogP contribution in [0.25, 0.3) is 0 Å². The Bertz CT molecular complexity index is 603. The standard InChI is InChI=1S/C17H24N4OS/c1-13(16-7-5-11-23-16)20-17(18)19-12-14(15-6-4-10-22-15)21-8-2-3-9-21/h4-7,10-11,13-14H,2-3,8-9,12H2,1H3,(H3,18,19,20). The SMILES string of the molecule is CC(NC(N)=NCC(c1ccco1)N1CCCC1)c1cccs1. The molecule has 0 saturated carbocycles. The third-order valence-electron chi connectivity index (χ3n) is 4.22. The third-order valence-corrected chi connectivity index (χ3v) is 5.28. The summed E-state index contributed by atoms with van der Waals surface area (Å²) in [6, 6.07) is 8.45. The first-order valence-electron chi connectivity index (χ1n) is 8.11. The summed E-state index contributed by atoms with van der Waals surface area (Å²) in [4.78, 5) is 8.24. The van der Waals surface area contributed by atoms with Gasteiger partial charge in [0.2, 0.25) is 0 Å². The molecule has 124 valence electrons. The maximum absolute atomic E-state index is 6.08. The highest BCUT2D eigenvalue weighted by Gasteiger charge is 2.25. The molecule has 1 aliphatic heterocycles. The van der Waals surface area contributed by atoms with Crippen molar-refractivity contribution in [1.82, 2.24) is 10.2 Å². The van der Waals surface area contributed by atoms with Crippen LogP contribution in [0.1, 0.15) is 42.5 Å². The van der Waals surface area contributed by atoms with Gasteiger partial charge in [0.15, 0.2) is 5.96 Å². The lowest BCUT2D eigenvalue weighted by Gasteiger charge is -2.24. The molecule has 3 heterocycles. The van der Waals surface area contributed by atoms with Crippen LogP contribution in [0, 0.1) is 0 Å². The maximum Gasteiger partial charge on any atom is 0.189 e. The van der Waals surface area contributed by atoms with Gasteiger partial charge in [-0.15, -0.1) is 11.3 Å². The number of hydrogen-bond donors (Lipinski definition) is 2. The Morgan fingerprint density at radius 1 is 1.39 bits per heavy atom. The zero-order valence-corrected chi connectivity index (χ0v) is 14.3. The summed E-state index contributed by atoms with van der Waals surface area (Å²) in [5.41, 5.74) is 6.08. The summed E-state index contributed by atoms with van der Waals surface area (Å²) in [7, 11) is 0. The first-order valence-corrected chi connectivity index (χ1v) is 8.99. The Hall–Kier alpha value is -1.79. The van der Waals surface area contributed by atoms with E-state index >= 15 is 0 Å². The van der Waals surface area contributed by atoms with Crippen molar-refractivity contribution in [2.24, 2.45) is 10.7 Å². The minimum Gasteiger partial charge on any atom is -0.468 e. The fraction of sp³-hybridized carbons (Fsp3) is 0.471. The van der Waals surface area contributed by atoms with E-state index in [0.29, 0.717) is 12.5 Å². The fourth-order valence-corrected chi connectivity index (χ4v) is 3.72. The number of nitrogens with zero attached hydrogens (tertiary/aromatic N) is 2. The van der Waals surface area contributed by atoms with Crippen LogP contribution in [-0.4, -0.2) is 30.5 Å². The van der Waals surface area contributed by atoms with Crippen LogP contribution in [0.15, 0.2) is 45.3 Å². The highest BCUT2D eigenvalue weighted by molar-refractivity contribution is 7.10. The summed E-state index contributed by atoms with van der Waals surface area (Å²) < 4.78 is 5.61. The Morgan fingerprint density at radius 3 is 2.87 bits per heavy atom. The minimum absolute atomic E-state index is 0.171. The summed E-state index contributed by atoms with van der Waals surface area (Å²) in [6.07, 6.45) is 4.21. The molecule has 0 bridgehead atoms.